The normalized spacial score (nSPS) is 11.7. The molecule has 0 aromatic heterocycles. The first-order valence-corrected chi connectivity index (χ1v) is 5.94. The van der Waals surface area contributed by atoms with Gasteiger partial charge in [0, 0.05) is 13.0 Å². The molecule has 20 heavy (non-hydrogen) atoms. The first-order valence-electron chi connectivity index (χ1n) is 5.06. The molecule has 0 aliphatic rings. The summed E-state index contributed by atoms with van der Waals surface area (Å²) in [5.74, 6) is -1.44. The third kappa shape index (κ3) is 3.51. The van der Waals surface area contributed by atoms with E-state index in [4.69, 9.17) is 5.11 Å². The monoisotopic (exact) mass is 300 g/mol. The third-order valence-electron chi connectivity index (χ3n) is 2.21. The number of nitro benzene ring substituents is 2. The Kier molecular flexibility index (Phi) is 4.75. The van der Waals surface area contributed by atoms with Crippen LogP contribution in [-0.2, 0) is 9.59 Å². The van der Waals surface area contributed by atoms with Crippen molar-refractivity contribution in [1.29, 1.82) is 0 Å². The van der Waals surface area contributed by atoms with Crippen molar-refractivity contribution in [1.82, 2.24) is 0 Å². The molecule has 1 aromatic carbocycles. The fourth-order valence-electron chi connectivity index (χ4n) is 1.44. The van der Waals surface area contributed by atoms with Crippen molar-refractivity contribution in [3.8, 4) is 0 Å². The van der Waals surface area contributed by atoms with Gasteiger partial charge in [0.1, 0.15) is 5.25 Å². The molecule has 0 aliphatic heterocycles. The molecule has 1 atom stereocenters. The maximum atomic E-state index is 11.1. The lowest BCUT2D eigenvalue weighted by molar-refractivity contribution is -0.394. The molecule has 0 spiro atoms. The second-order valence-corrected chi connectivity index (χ2v) is 4.87. The molecule has 9 nitrogen and oxygen atoms in total. The fraction of sp³-hybridized carbons (Fsp3) is 0.200. The van der Waals surface area contributed by atoms with Gasteiger partial charge < -0.3 is 5.11 Å². The molecule has 1 aromatic rings. The Bertz CT molecular complexity index is 601. The smallest absolute Gasteiger partial charge is 0.321 e. The molecule has 106 valence electrons. The predicted molar refractivity (Wildman–Crippen MR) is 68.4 cm³/mol. The first kappa shape index (κ1) is 15.6. The Labute approximate surface area is 115 Å². The van der Waals surface area contributed by atoms with E-state index in [-0.39, 0.29) is 5.56 Å². The molecule has 0 aliphatic carbocycles. The van der Waals surface area contributed by atoms with Crippen LogP contribution in [0.25, 0.3) is 0 Å². The van der Waals surface area contributed by atoms with Crippen LogP contribution in [0.1, 0.15) is 17.7 Å². The first-order chi connectivity index (χ1) is 9.23. The summed E-state index contributed by atoms with van der Waals surface area (Å²) in [7, 11) is 0. The minimum absolute atomic E-state index is 0.270. The van der Waals surface area contributed by atoms with E-state index in [1.807, 2.05) is 0 Å². The number of aliphatic carboxylic acids is 1. The van der Waals surface area contributed by atoms with Crippen LogP contribution in [-0.4, -0.2) is 26.0 Å². The minimum atomic E-state index is -1.49. The van der Waals surface area contributed by atoms with Crippen LogP contribution in [0.3, 0.4) is 0 Å². The highest BCUT2D eigenvalue weighted by atomic mass is 32.2. The van der Waals surface area contributed by atoms with Crippen LogP contribution < -0.4 is 0 Å². The van der Waals surface area contributed by atoms with Gasteiger partial charge in [0.2, 0.25) is 0 Å². The van der Waals surface area contributed by atoms with Gasteiger partial charge in [0.25, 0.3) is 11.4 Å². The largest absolute Gasteiger partial charge is 0.480 e. The maximum absolute atomic E-state index is 11.1. The van der Waals surface area contributed by atoms with E-state index in [0.29, 0.717) is 17.8 Å². The summed E-state index contributed by atoms with van der Waals surface area (Å²) in [5.41, 5.74) is -1.51. The fourth-order valence-corrected chi connectivity index (χ4v) is 2.20. The van der Waals surface area contributed by atoms with Crippen molar-refractivity contribution in [3.05, 3.63) is 44.0 Å². The number of hydrogen-bond acceptors (Lipinski definition) is 7. The second-order valence-electron chi connectivity index (χ2n) is 3.59. The number of rotatable bonds is 5. The number of carbonyl (C=O) groups is 2. The van der Waals surface area contributed by atoms with Crippen LogP contribution in [0.15, 0.2) is 18.2 Å². The molecule has 0 heterocycles. The summed E-state index contributed by atoms with van der Waals surface area (Å²) in [4.78, 5) is 41.8. The number of benzene rings is 1. The van der Waals surface area contributed by atoms with Gasteiger partial charge in [-0.25, -0.2) is 0 Å². The molecule has 0 amide bonds. The molecule has 0 saturated heterocycles. The molecular weight excluding hydrogens is 292 g/mol. The molecule has 1 unspecified atom stereocenters. The molecule has 1 N–H and O–H groups in total. The second kappa shape index (κ2) is 6.10. The highest BCUT2D eigenvalue weighted by Crippen LogP contribution is 2.37. The summed E-state index contributed by atoms with van der Waals surface area (Å²) >= 11 is 0.394. The van der Waals surface area contributed by atoms with Gasteiger partial charge in [0.05, 0.1) is 21.5 Å². The summed E-state index contributed by atoms with van der Waals surface area (Å²) in [6.07, 6.45) is 0. The predicted octanol–water partition coefficient (Wildman–Crippen LogP) is 1.91. The zero-order valence-corrected chi connectivity index (χ0v) is 10.8. The van der Waals surface area contributed by atoms with Gasteiger partial charge in [0.15, 0.2) is 5.12 Å². The SMILES string of the molecule is CC(=O)SC(C(=O)O)c1ccc([N+](=O)[O-])cc1[N+](=O)[O-]. The molecule has 1 rings (SSSR count). The Morgan fingerprint density at radius 2 is 1.85 bits per heavy atom. The van der Waals surface area contributed by atoms with E-state index < -0.39 is 37.6 Å². The van der Waals surface area contributed by atoms with Gasteiger partial charge in [-0.3, -0.25) is 29.8 Å². The van der Waals surface area contributed by atoms with Crippen LogP contribution in [0.2, 0.25) is 0 Å². The molecule has 0 saturated carbocycles. The zero-order valence-electron chi connectivity index (χ0n) is 10.0. The summed E-state index contributed by atoms with van der Waals surface area (Å²) in [5, 5.41) is 28.5. The third-order valence-corrected chi connectivity index (χ3v) is 3.24. The lowest BCUT2D eigenvalue weighted by atomic mass is 10.1. The summed E-state index contributed by atoms with van der Waals surface area (Å²) < 4.78 is 0. The Morgan fingerprint density at radius 1 is 1.25 bits per heavy atom. The van der Waals surface area contributed by atoms with Gasteiger partial charge in [-0.1, -0.05) is 11.8 Å². The van der Waals surface area contributed by atoms with E-state index in [2.05, 4.69) is 0 Å². The number of nitro groups is 2. The molecule has 0 fully saturated rings. The van der Waals surface area contributed by atoms with Gasteiger partial charge in [-0.15, -0.1) is 0 Å². The molecule has 10 heteroatoms. The average molecular weight is 300 g/mol. The van der Waals surface area contributed by atoms with Crippen molar-refractivity contribution in [2.75, 3.05) is 0 Å². The maximum Gasteiger partial charge on any atom is 0.321 e. The highest BCUT2D eigenvalue weighted by molar-refractivity contribution is 8.14. The van der Waals surface area contributed by atoms with E-state index in [9.17, 15) is 29.8 Å². The van der Waals surface area contributed by atoms with Gasteiger partial charge in [-0.05, 0) is 6.07 Å². The van der Waals surface area contributed by atoms with Crippen molar-refractivity contribution in [2.24, 2.45) is 0 Å². The number of thioether (sulfide) groups is 1. The zero-order chi connectivity index (χ0) is 15.4. The average Bonchev–Trinajstić information content (AvgIpc) is 2.34. The highest BCUT2D eigenvalue weighted by Gasteiger charge is 2.31. The Balaban J connectivity index is 3.41. The summed E-state index contributed by atoms with van der Waals surface area (Å²) in [6.45, 7) is 1.12. The van der Waals surface area contributed by atoms with Crippen molar-refractivity contribution in [3.63, 3.8) is 0 Å². The lowest BCUT2D eigenvalue weighted by Gasteiger charge is -2.10. The van der Waals surface area contributed by atoms with Crippen LogP contribution in [0, 0.1) is 20.2 Å². The molecule has 0 radical (unpaired) electrons. The minimum Gasteiger partial charge on any atom is -0.480 e. The number of nitrogens with zero attached hydrogens (tertiary/aromatic N) is 2. The standard InChI is InChI=1S/C10H8N2O7S/c1-5(13)20-9(10(14)15)7-3-2-6(11(16)17)4-8(7)12(18)19/h2-4,9H,1H3,(H,14,15). The van der Waals surface area contributed by atoms with E-state index in [1.54, 1.807) is 0 Å². The number of non-ortho nitro benzene ring substituents is 1. The summed E-state index contributed by atoms with van der Waals surface area (Å²) in [6, 6.07) is 2.61. The molecular formula is C10H8N2O7S. The van der Waals surface area contributed by atoms with Crippen molar-refractivity contribution >= 4 is 34.2 Å². The van der Waals surface area contributed by atoms with Gasteiger partial charge in [-0.2, -0.15) is 0 Å². The Hall–Kier alpha value is -2.49. The van der Waals surface area contributed by atoms with E-state index in [1.165, 1.54) is 0 Å². The Morgan fingerprint density at radius 3 is 2.25 bits per heavy atom. The van der Waals surface area contributed by atoms with Crippen molar-refractivity contribution < 1.29 is 24.5 Å². The number of hydrogen-bond donors (Lipinski definition) is 1. The van der Waals surface area contributed by atoms with Crippen LogP contribution in [0.5, 0.6) is 0 Å². The topological polar surface area (TPSA) is 141 Å². The van der Waals surface area contributed by atoms with Crippen molar-refractivity contribution in [2.45, 2.75) is 12.2 Å². The van der Waals surface area contributed by atoms with Crippen LogP contribution in [0.4, 0.5) is 11.4 Å². The van der Waals surface area contributed by atoms with Gasteiger partial charge >= 0.3 is 5.97 Å². The van der Waals surface area contributed by atoms with E-state index in [0.717, 1.165) is 19.1 Å². The quantitative estimate of drug-likeness (QED) is 0.642. The van der Waals surface area contributed by atoms with Crippen LogP contribution >= 0.6 is 11.8 Å². The lowest BCUT2D eigenvalue weighted by Crippen LogP contribution is -2.12. The number of carboxylic acids is 1. The molecule has 0 bridgehead atoms. The number of carboxylic acid groups (broad SMARTS) is 1. The number of carbonyl (C=O) groups excluding carboxylic acids is 1. The van der Waals surface area contributed by atoms with E-state index >= 15 is 0 Å².